The van der Waals surface area contributed by atoms with Crippen LogP contribution in [0.5, 0.6) is 0 Å². The van der Waals surface area contributed by atoms with Crippen LogP contribution < -0.4 is 16.0 Å². The fourth-order valence-corrected chi connectivity index (χ4v) is 2.52. The second-order valence-corrected chi connectivity index (χ2v) is 6.17. The van der Waals surface area contributed by atoms with Crippen LogP contribution in [0.2, 0.25) is 5.02 Å². The molecular weight excluding hydrogens is 482 g/mol. The zero-order chi connectivity index (χ0) is 18.9. The first kappa shape index (κ1) is 23.2. The van der Waals surface area contributed by atoms with E-state index in [1.54, 1.807) is 31.3 Å². The van der Waals surface area contributed by atoms with Gasteiger partial charge in [0, 0.05) is 26.6 Å². The molecule has 5 nitrogen and oxygen atoms in total. The van der Waals surface area contributed by atoms with Crippen LogP contribution in [-0.2, 0) is 11.3 Å². The molecule has 0 aromatic heterocycles. The predicted molar refractivity (Wildman–Crippen MR) is 119 cm³/mol. The van der Waals surface area contributed by atoms with Crippen molar-refractivity contribution in [3.8, 4) is 0 Å². The van der Waals surface area contributed by atoms with Crippen molar-refractivity contribution in [2.75, 3.05) is 18.9 Å². The fraction of sp³-hybridized carbons (Fsp3) is 0.263. The molecule has 0 saturated carbocycles. The Kier molecular flexibility index (Phi) is 10.1. The number of benzene rings is 2. The number of halogens is 3. The molecule has 0 aliphatic heterocycles. The van der Waals surface area contributed by atoms with Crippen molar-refractivity contribution in [3.05, 3.63) is 64.4 Å². The van der Waals surface area contributed by atoms with Gasteiger partial charge in [0.25, 0.3) is 0 Å². The van der Waals surface area contributed by atoms with Crippen molar-refractivity contribution in [2.24, 2.45) is 4.99 Å². The second kappa shape index (κ2) is 11.8. The molecule has 0 fully saturated rings. The zero-order valence-corrected chi connectivity index (χ0v) is 18.3. The molecule has 0 saturated heterocycles. The van der Waals surface area contributed by atoms with E-state index in [-0.39, 0.29) is 42.1 Å². The van der Waals surface area contributed by atoms with Crippen LogP contribution in [0.4, 0.5) is 10.1 Å². The molecule has 0 atom stereocenters. The number of anilines is 1. The highest BCUT2D eigenvalue weighted by Gasteiger charge is 2.06. The quantitative estimate of drug-likeness (QED) is 0.315. The van der Waals surface area contributed by atoms with Gasteiger partial charge < -0.3 is 16.0 Å². The number of rotatable bonds is 6. The number of aliphatic imine (C=N–C) groups is 1. The fourth-order valence-electron chi connectivity index (χ4n) is 2.24. The minimum Gasteiger partial charge on any atom is -0.356 e. The summed E-state index contributed by atoms with van der Waals surface area (Å²) in [5.74, 6) is 0.156. The summed E-state index contributed by atoms with van der Waals surface area (Å²) in [6.45, 7) is 2.86. The van der Waals surface area contributed by atoms with Gasteiger partial charge >= 0.3 is 0 Å². The van der Waals surface area contributed by atoms with E-state index < -0.39 is 0 Å². The maximum absolute atomic E-state index is 12.9. The summed E-state index contributed by atoms with van der Waals surface area (Å²) in [4.78, 5) is 16.1. The average molecular weight is 505 g/mol. The van der Waals surface area contributed by atoms with E-state index >= 15 is 0 Å². The standard InChI is InChI=1S/C19H22ClFN4O.HI/c1-13-3-8-17(16(20)11-13)25-18(26)9-10-23-19(22-2)24-12-14-4-6-15(21)7-5-14;/h3-8,11H,9-10,12H2,1-2H3,(H,25,26)(H2,22,23,24);1H. The molecule has 0 heterocycles. The number of carbonyl (C=O) groups is 1. The summed E-state index contributed by atoms with van der Waals surface area (Å²) in [7, 11) is 1.64. The number of hydrogen-bond donors (Lipinski definition) is 3. The highest BCUT2D eigenvalue weighted by atomic mass is 127. The van der Waals surface area contributed by atoms with E-state index in [1.807, 2.05) is 13.0 Å². The predicted octanol–water partition coefficient (Wildman–Crippen LogP) is 4.10. The van der Waals surface area contributed by atoms with Gasteiger partial charge in [-0.1, -0.05) is 29.8 Å². The second-order valence-electron chi connectivity index (χ2n) is 5.76. The first-order chi connectivity index (χ1) is 12.5. The van der Waals surface area contributed by atoms with Crippen LogP contribution >= 0.6 is 35.6 Å². The molecule has 0 aliphatic carbocycles. The highest BCUT2D eigenvalue weighted by Crippen LogP contribution is 2.22. The molecule has 0 spiro atoms. The van der Waals surface area contributed by atoms with Crippen molar-refractivity contribution in [1.29, 1.82) is 0 Å². The lowest BCUT2D eigenvalue weighted by atomic mass is 10.2. The van der Waals surface area contributed by atoms with Gasteiger partial charge in [-0.2, -0.15) is 0 Å². The van der Waals surface area contributed by atoms with Gasteiger partial charge in [-0.05, 0) is 42.3 Å². The first-order valence-electron chi connectivity index (χ1n) is 8.23. The van der Waals surface area contributed by atoms with Crippen molar-refractivity contribution >= 4 is 53.1 Å². The Morgan fingerprint density at radius 1 is 1.15 bits per heavy atom. The SMILES string of the molecule is CN=C(NCCC(=O)Nc1ccc(C)cc1Cl)NCc1ccc(F)cc1.I. The summed E-state index contributed by atoms with van der Waals surface area (Å²) in [5.41, 5.74) is 2.56. The Balaban J connectivity index is 0.00000364. The van der Waals surface area contributed by atoms with Crippen LogP contribution in [0, 0.1) is 12.7 Å². The lowest BCUT2D eigenvalue weighted by Gasteiger charge is -2.12. The molecule has 0 radical (unpaired) electrons. The molecule has 8 heteroatoms. The Morgan fingerprint density at radius 3 is 2.48 bits per heavy atom. The van der Waals surface area contributed by atoms with Crippen LogP contribution in [-0.4, -0.2) is 25.5 Å². The van der Waals surface area contributed by atoms with Crippen molar-refractivity contribution in [1.82, 2.24) is 10.6 Å². The Hall–Kier alpha value is -1.87. The maximum atomic E-state index is 12.9. The molecule has 0 unspecified atom stereocenters. The molecule has 3 N–H and O–H groups in total. The number of nitrogens with one attached hydrogen (secondary N) is 3. The van der Waals surface area contributed by atoms with Gasteiger partial charge in [-0.15, -0.1) is 24.0 Å². The van der Waals surface area contributed by atoms with Crippen molar-refractivity contribution in [3.63, 3.8) is 0 Å². The summed E-state index contributed by atoms with van der Waals surface area (Å²) in [5, 5.41) is 9.47. The molecule has 2 aromatic rings. The van der Waals surface area contributed by atoms with Crippen LogP contribution in [0.25, 0.3) is 0 Å². The smallest absolute Gasteiger partial charge is 0.226 e. The van der Waals surface area contributed by atoms with Crippen molar-refractivity contribution in [2.45, 2.75) is 19.9 Å². The molecule has 2 aromatic carbocycles. The average Bonchev–Trinajstić information content (AvgIpc) is 2.61. The number of aryl methyl sites for hydroxylation is 1. The number of hydrogen-bond acceptors (Lipinski definition) is 2. The summed E-state index contributed by atoms with van der Waals surface area (Å²) in [6.07, 6.45) is 0.265. The minimum absolute atomic E-state index is 0. The van der Waals surface area contributed by atoms with Crippen molar-refractivity contribution < 1.29 is 9.18 Å². The summed E-state index contributed by atoms with van der Waals surface area (Å²) < 4.78 is 12.9. The molecule has 0 bridgehead atoms. The zero-order valence-electron chi connectivity index (χ0n) is 15.2. The molecule has 0 aliphatic rings. The molecule has 146 valence electrons. The molecule has 27 heavy (non-hydrogen) atoms. The molecular formula is C19H23ClFIN4O. The van der Waals surface area contributed by atoms with E-state index in [9.17, 15) is 9.18 Å². The van der Waals surface area contributed by atoms with Gasteiger partial charge in [-0.3, -0.25) is 9.79 Å². The molecule has 1 amide bonds. The first-order valence-corrected chi connectivity index (χ1v) is 8.60. The third-order valence-electron chi connectivity index (χ3n) is 3.64. The topological polar surface area (TPSA) is 65.5 Å². The van der Waals surface area contributed by atoms with Gasteiger partial charge in [0.2, 0.25) is 5.91 Å². The number of carbonyl (C=O) groups excluding carboxylic acids is 1. The lowest BCUT2D eigenvalue weighted by Crippen LogP contribution is -2.38. The highest BCUT2D eigenvalue weighted by molar-refractivity contribution is 14.0. The Labute approximate surface area is 180 Å². The van der Waals surface area contributed by atoms with E-state index in [1.165, 1.54) is 12.1 Å². The maximum Gasteiger partial charge on any atom is 0.226 e. The largest absolute Gasteiger partial charge is 0.356 e. The van der Waals surface area contributed by atoms with Gasteiger partial charge in [0.15, 0.2) is 5.96 Å². The number of nitrogens with zero attached hydrogens (tertiary/aromatic N) is 1. The van der Waals surface area contributed by atoms with Crippen LogP contribution in [0.1, 0.15) is 17.5 Å². The van der Waals surface area contributed by atoms with E-state index in [0.717, 1.165) is 11.1 Å². The third kappa shape index (κ3) is 8.13. The summed E-state index contributed by atoms with van der Waals surface area (Å²) >= 11 is 6.11. The third-order valence-corrected chi connectivity index (χ3v) is 3.95. The van der Waals surface area contributed by atoms with Gasteiger partial charge in [0.1, 0.15) is 5.82 Å². The van der Waals surface area contributed by atoms with E-state index in [2.05, 4.69) is 20.9 Å². The normalized spacial score (nSPS) is 10.7. The number of guanidine groups is 1. The summed E-state index contributed by atoms with van der Waals surface area (Å²) in [6, 6.07) is 11.7. The van der Waals surface area contributed by atoms with E-state index in [4.69, 9.17) is 11.6 Å². The van der Waals surface area contributed by atoms with Gasteiger partial charge in [-0.25, -0.2) is 4.39 Å². The Morgan fingerprint density at radius 2 is 1.85 bits per heavy atom. The molecule has 2 rings (SSSR count). The van der Waals surface area contributed by atoms with Crippen LogP contribution in [0.3, 0.4) is 0 Å². The monoisotopic (exact) mass is 504 g/mol. The van der Waals surface area contributed by atoms with Crippen LogP contribution in [0.15, 0.2) is 47.5 Å². The van der Waals surface area contributed by atoms with E-state index in [0.29, 0.717) is 29.8 Å². The van der Waals surface area contributed by atoms with Gasteiger partial charge in [0.05, 0.1) is 10.7 Å². The lowest BCUT2D eigenvalue weighted by molar-refractivity contribution is -0.116. The minimum atomic E-state index is -0.268. The number of amides is 1. The Bertz CT molecular complexity index is 784.